The molecule has 0 bridgehead atoms. The van der Waals surface area contributed by atoms with Gasteiger partial charge in [0, 0.05) is 6.07 Å². The highest BCUT2D eigenvalue weighted by Gasteiger charge is 2.29. The Bertz CT molecular complexity index is 1540. The van der Waals surface area contributed by atoms with Crippen LogP contribution >= 0.6 is 0 Å². The number of methoxy groups -OCH3 is 2. The predicted molar refractivity (Wildman–Crippen MR) is 153 cm³/mol. The van der Waals surface area contributed by atoms with E-state index >= 15 is 0 Å². The number of rotatable bonds is 12. The van der Waals surface area contributed by atoms with Gasteiger partial charge in [-0.2, -0.15) is 5.10 Å². The molecule has 0 aliphatic carbocycles. The van der Waals surface area contributed by atoms with Gasteiger partial charge in [-0.05, 0) is 59.7 Å². The minimum atomic E-state index is -4.14. The molecule has 10 heteroatoms. The van der Waals surface area contributed by atoms with Crippen LogP contribution in [0.1, 0.15) is 11.1 Å². The second-order valence-corrected chi connectivity index (χ2v) is 10.4. The van der Waals surface area contributed by atoms with Gasteiger partial charge in [-0.3, -0.25) is 9.10 Å². The standard InChI is InChI=1S/C30H29N3O6S/c1-37-26-17-18-29(38-2)28(19-26)33(40(35,36)27-11-7-4-8-12-27)21-30(34)32-31-20-23-13-15-25(16-14-23)39-22-24-9-5-3-6-10-24/h3-20H,21-22H2,1-2H3,(H,32,34)/b31-20-. The van der Waals surface area contributed by atoms with E-state index in [1.165, 1.54) is 38.6 Å². The summed E-state index contributed by atoms with van der Waals surface area (Å²) in [7, 11) is -1.26. The summed E-state index contributed by atoms with van der Waals surface area (Å²) in [5.41, 5.74) is 4.33. The molecular formula is C30H29N3O6S. The number of hydrogen-bond acceptors (Lipinski definition) is 7. The third kappa shape index (κ3) is 7.17. The molecule has 0 aliphatic rings. The number of anilines is 1. The molecule has 0 unspecified atom stereocenters. The van der Waals surface area contributed by atoms with Crippen LogP contribution in [0, 0.1) is 0 Å². The van der Waals surface area contributed by atoms with Crippen LogP contribution in [0.2, 0.25) is 0 Å². The van der Waals surface area contributed by atoms with Crippen LogP contribution < -0.4 is 23.9 Å². The third-order valence-corrected chi connectivity index (χ3v) is 7.58. The molecule has 0 fully saturated rings. The molecule has 0 atom stereocenters. The fourth-order valence-electron chi connectivity index (χ4n) is 3.75. The number of sulfonamides is 1. The maximum Gasteiger partial charge on any atom is 0.264 e. The molecule has 9 nitrogen and oxygen atoms in total. The fraction of sp³-hybridized carbons (Fsp3) is 0.133. The van der Waals surface area contributed by atoms with Gasteiger partial charge in [-0.1, -0.05) is 48.5 Å². The van der Waals surface area contributed by atoms with Crippen molar-refractivity contribution in [3.05, 3.63) is 114 Å². The van der Waals surface area contributed by atoms with Gasteiger partial charge in [0.2, 0.25) is 0 Å². The van der Waals surface area contributed by atoms with Crippen molar-refractivity contribution in [2.24, 2.45) is 5.10 Å². The lowest BCUT2D eigenvalue weighted by molar-refractivity contribution is -0.119. The van der Waals surface area contributed by atoms with E-state index in [0.29, 0.717) is 18.1 Å². The van der Waals surface area contributed by atoms with Crippen LogP contribution in [-0.2, 0) is 21.4 Å². The van der Waals surface area contributed by atoms with Gasteiger partial charge in [0.1, 0.15) is 30.4 Å². The lowest BCUT2D eigenvalue weighted by Gasteiger charge is -2.25. The second kappa shape index (κ2) is 13.3. The zero-order valence-electron chi connectivity index (χ0n) is 22.1. The van der Waals surface area contributed by atoms with E-state index in [1.807, 2.05) is 30.3 Å². The van der Waals surface area contributed by atoms with Crippen molar-refractivity contribution in [2.75, 3.05) is 25.1 Å². The van der Waals surface area contributed by atoms with Crippen LogP contribution in [0.5, 0.6) is 17.2 Å². The monoisotopic (exact) mass is 559 g/mol. The summed E-state index contributed by atoms with van der Waals surface area (Å²) >= 11 is 0. The summed E-state index contributed by atoms with van der Waals surface area (Å²) < 4.78 is 44.6. The number of ether oxygens (including phenoxy) is 3. The Labute approximate surface area is 233 Å². The zero-order valence-corrected chi connectivity index (χ0v) is 22.9. The summed E-state index contributed by atoms with van der Waals surface area (Å²) in [5, 5.41) is 4.00. The summed E-state index contributed by atoms with van der Waals surface area (Å²) in [6.07, 6.45) is 1.46. The highest BCUT2D eigenvalue weighted by Crippen LogP contribution is 2.35. The van der Waals surface area contributed by atoms with E-state index in [9.17, 15) is 13.2 Å². The van der Waals surface area contributed by atoms with Crippen LogP contribution in [0.3, 0.4) is 0 Å². The largest absolute Gasteiger partial charge is 0.497 e. The SMILES string of the molecule is COc1ccc(OC)c(N(CC(=O)N/N=C\c2ccc(OCc3ccccc3)cc2)S(=O)(=O)c2ccccc2)c1. The van der Waals surface area contributed by atoms with Crippen molar-refractivity contribution in [3.63, 3.8) is 0 Å². The summed E-state index contributed by atoms with van der Waals surface area (Å²) in [6.45, 7) is -0.102. The number of hydrazone groups is 1. The van der Waals surface area contributed by atoms with Gasteiger partial charge < -0.3 is 14.2 Å². The number of carbonyl (C=O) groups is 1. The average molecular weight is 560 g/mol. The predicted octanol–water partition coefficient (Wildman–Crippen LogP) is 4.63. The fourth-order valence-corrected chi connectivity index (χ4v) is 5.19. The first-order chi connectivity index (χ1) is 19.4. The van der Waals surface area contributed by atoms with Crippen LogP contribution in [-0.4, -0.2) is 41.3 Å². The number of amides is 1. The Morgan fingerprint density at radius 2 is 1.50 bits per heavy atom. The summed E-state index contributed by atoms with van der Waals surface area (Å²) in [6, 6.07) is 29.6. The van der Waals surface area contributed by atoms with Crippen molar-refractivity contribution in [1.82, 2.24) is 5.43 Å². The molecule has 4 aromatic rings. The van der Waals surface area contributed by atoms with Crippen LogP contribution in [0.4, 0.5) is 5.69 Å². The second-order valence-electron chi connectivity index (χ2n) is 8.50. The van der Waals surface area contributed by atoms with E-state index in [2.05, 4.69) is 10.5 Å². The number of carbonyl (C=O) groups excluding carboxylic acids is 1. The first kappa shape index (κ1) is 28.2. The van der Waals surface area contributed by atoms with Gasteiger partial charge in [-0.15, -0.1) is 0 Å². The van der Waals surface area contributed by atoms with E-state index in [-0.39, 0.29) is 16.3 Å². The quantitative estimate of drug-likeness (QED) is 0.200. The smallest absolute Gasteiger partial charge is 0.264 e. The first-order valence-electron chi connectivity index (χ1n) is 12.3. The lowest BCUT2D eigenvalue weighted by Crippen LogP contribution is -2.39. The average Bonchev–Trinajstić information content (AvgIpc) is 3.00. The summed E-state index contributed by atoms with van der Waals surface area (Å²) in [5.74, 6) is 0.701. The number of nitrogens with one attached hydrogen (secondary N) is 1. The molecule has 0 saturated carbocycles. The van der Waals surface area contributed by atoms with Gasteiger partial charge >= 0.3 is 0 Å². The molecule has 4 rings (SSSR count). The minimum Gasteiger partial charge on any atom is -0.497 e. The van der Waals surface area contributed by atoms with Gasteiger partial charge in [0.25, 0.3) is 15.9 Å². The van der Waals surface area contributed by atoms with E-state index in [1.54, 1.807) is 54.6 Å². The van der Waals surface area contributed by atoms with Crippen molar-refractivity contribution in [3.8, 4) is 17.2 Å². The maximum atomic E-state index is 13.6. The molecule has 0 radical (unpaired) electrons. The zero-order chi connectivity index (χ0) is 28.4. The Kier molecular flexibility index (Phi) is 9.37. The van der Waals surface area contributed by atoms with Gasteiger partial charge in [0.05, 0.1) is 31.0 Å². The highest BCUT2D eigenvalue weighted by molar-refractivity contribution is 7.92. The molecule has 4 aromatic carbocycles. The number of nitrogens with zero attached hydrogens (tertiary/aromatic N) is 2. The third-order valence-electron chi connectivity index (χ3n) is 5.80. The molecule has 0 saturated heterocycles. The van der Waals surface area contributed by atoms with E-state index in [0.717, 1.165) is 15.4 Å². The topological polar surface area (TPSA) is 107 Å². The maximum absolute atomic E-state index is 13.6. The molecule has 0 aliphatic heterocycles. The van der Waals surface area contributed by atoms with Gasteiger partial charge in [-0.25, -0.2) is 13.8 Å². The molecule has 1 N–H and O–H groups in total. The Morgan fingerprint density at radius 1 is 0.850 bits per heavy atom. The van der Waals surface area contributed by atoms with Crippen LogP contribution in [0.15, 0.2) is 113 Å². The molecular weight excluding hydrogens is 530 g/mol. The first-order valence-corrected chi connectivity index (χ1v) is 13.7. The highest BCUT2D eigenvalue weighted by atomic mass is 32.2. The van der Waals surface area contributed by atoms with Crippen LogP contribution in [0.25, 0.3) is 0 Å². The van der Waals surface area contributed by atoms with E-state index in [4.69, 9.17) is 14.2 Å². The molecule has 0 spiro atoms. The Morgan fingerprint density at radius 3 is 2.15 bits per heavy atom. The molecule has 0 heterocycles. The van der Waals surface area contributed by atoms with E-state index < -0.39 is 22.5 Å². The number of hydrogen-bond donors (Lipinski definition) is 1. The Balaban J connectivity index is 1.47. The summed E-state index contributed by atoms with van der Waals surface area (Å²) in [4.78, 5) is 12.9. The molecule has 1 amide bonds. The van der Waals surface area contributed by atoms with Crippen molar-refractivity contribution >= 4 is 27.8 Å². The van der Waals surface area contributed by atoms with Gasteiger partial charge in [0.15, 0.2) is 0 Å². The lowest BCUT2D eigenvalue weighted by atomic mass is 10.2. The molecule has 206 valence electrons. The molecule has 0 aromatic heterocycles. The molecule has 40 heavy (non-hydrogen) atoms. The van der Waals surface area contributed by atoms with Crippen molar-refractivity contribution < 1.29 is 27.4 Å². The van der Waals surface area contributed by atoms with Crippen molar-refractivity contribution in [1.29, 1.82) is 0 Å². The van der Waals surface area contributed by atoms with Crippen molar-refractivity contribution in [2.45, 2.75) is 11.5 Å². The number of benzene rings is 4. The Hall–Kier alpha value is -4.83. The minimum absolute atomic E-state index is 0.0192. The normalized spacial score (nSPS) is 11.2.